The Bertz CT molecular complexity index is 920. The van der Waals surface area contributed by atoms with Crippen molar-refractivity contribution < 1.29 is 28.2 Å². The standard InChI is InChI=1S/C24H27FN2O5/c25-19-3-1-18(2-4-19)24(9-13-30-14-10-24)23(29)26-20-5-7-21(8-6-20)32-17-22(28)27-11-15-31-16-12-27/h1-8H,9-17H2,(H,26,29). The molecule has 0 unspecified atom stereocenters. The van der Waals surface area contributed by atoms with Crippen LogP contribution in [-0.2, 0) is 24.5 Å². The second kappa shape index (κ2) is 10.1. The number of rotatable bonds is 6. The van der Waals surface area contributed by atoms with Crippen LogP contribution in [0.4, 0.5) is 10.1 Å². The highest BCUT2D eigenvalue weighted by Crippen LogP contribution is 2.36. The highest BCUT2D eigenvalue weighted by atomic mass is 19.1. The predicted octanol–water partition coefficient (Wildman–Crippen LogP) is 2.75. The number of halogens is 1. The van der Waals surface area contributed by atoms with Crippen molar-refractivity contribution >= 4 is 17.5 Å². The lowest BCUT2D eigenvalue weighted by Gasteiger charge is -2.36. The second-order valence-corrected chi connectivity index (χ2v) is 7.96. The molecule has 2 saturated heterocycles. The van der Waals surface area contributed by atoms with Crippen LogP contribution in [-0.4, -0.2) is 62.8 Å². The number of carbonyl (C=O) groups is 2. The molecule has 2 aliphatic heterocycles. The number of anilines is 1. The highest BCUT2D eigenvalue weighted by Gasteiger charge is 2.41. The van der Waals surface area contributed by atoms with Gasteiger partial charge in [0.15, 0.2) is 6.61 Å². The zero-order chi connectivity index (χ0) is 22.4. The highest BCUT2D eigenvalue weighted by molar-refractivity contribution is 5.99. The van der Waals surface area contributed by atoms with Gasteiger partial charge in [0.2, 0.25) is 5.91 Å². The number of benzene rings is 2. The smallest absolute Gasteiger partial charge is 0.260 e. The third-order valence-electron chi connectivity index (χ3n) is 6.02. The van der Waals surface area contributed by atoms with Crippen LogP contribution in [0, 0.1) is 5.82 Å². The molecule has 32 heavy (non-hydrogen) atoms. The van der Waals surface area contributed by atoms with Crippen LogP contribution in [0.15, 0.2) is 48.5 Å². The maximum atomic E-state index is 13.4. The van der Waals surface area contributed by atoms with E-state index < -0.39 is 5.41 Å². The van der Waals surface area contributed by atoms with Gasteiger partial charge in [-0.3, -0.25) is 9.59 Å². The summed E-state index contributed by atoms with van der Waals surface area (Å²) in [5.41, 5.74) is 0.627. The largest absolute Gasteiger partial charge is 0.484 e. The van der Waals surface area contributed by atoms with E-state index in [1.165, 1.54) is 12.1 Å². The first-order chi connectivity index (χ1) is 15.6. The van der Waals surface area contributed by atoms with Crippen molar-refractivity contribution in [2.75, 3.05) is 51.4 Å². The van der Waals surface area contributed by atoms with Gasteiger partial charge >= 0.3 is 0 Å². The molecule has 2 aromatic carbocycles. The van der Waals surface area contributed by atoms with Crippen LogP contribution in [0.25, 0.3) is 0 Å². The van der Waals surface area contributed by atoms with Crippen LogP contribution in [0.1, 0.15) is 18.4 Å². The fraction of sp³-hybridized carbons (Fsp3) is 0.417. The topological polar surface area (TPSA) is 77.1 Å². The van der Waals surface area contributed by atoms with Gasteiger partial charge in [0.05, 0.1) is 18.6 Å². The molecule has 4 rings (SSSR count). The minimum absolute atomic E-state index is 0.0423. The molecule has 2 aromatic rings. The Balaban J connectivity index is 1.38. The average molecular weight is 442 g/mol. The van der Waals surface area contributed by atoms with Crippen LogP contribution in [0.3, 0.4) is 0 Å². The van der Waals surface area contributed by atoms with E-state index in [4.69, 9.17) is 14.2 Å². The lowest BCUT2D eigenvalue weighted by atomic mass is 9.73. The molecule has 8 heteroatoms. The third kappa shape index (κ3) is 5.08. The maximum absolute atomic E-state index is 13.4. The van der Waals surface area contributed by atoms with E-state index >= 15 is 0 Å². The SMILES string of the molecule is O=C(COc1ccc(NC(=O)C2(c3ccc(F)cc3)CCOCC2)cc1)N1CCOCC1. The van der Waals surface area contributed by atoms with Crippen molar-refractivity contribution in [3.63, 3.8) is 0 Å². The number of carbonyl (C=O) groups excluding carboxylic acids is 2. The molecule has 1 N–H and O–H groups in total. The fourth-order valence-electron chi connectivity index (χ4n) is 4.07. The number of hydrogen-bond donors (Lipinski definition) is 1. The number of hydrogen-bond acceptors (Lipinski definition) is 5. The molecule has 0 spiro atoms. The first-order valence-electron chi connectivity index (χ1n) is 10.8. The molecule has 2 heterocycles. The summed E-state index contributed by atoms with van der Waals surface area (Å²) in [5.74, 6) is -0.0158. The van der Waals surface area contributed by atoms with Gasteiger partial charge in [0.1, 0.15) is 11.6 Å². The molecule has 2 aliphatic rings. The van der Waals surface area contributed by atoms with Crippen molar-refractivity contribution in [1.29, 1.82) is 0 Å². The Morgan fingerprint density at radius 3 is 2.22 bits per heavy atom. The minimum atomic E-state index is -0.772. The molecule has 0 bridgehead atoms. The fourth-order valence-corrected chi connectivity index (χ4v) is 4.07. The summed E-state index contributed by atoms with van der Waals surface area (Å²) in [5, 5.41) is 2.98. The van der Waals surface area contributed by atoms with E-state index in [9.17, 15) is 14.0 Å². The summed E-state index contributed by atoms with van der Waals surface area (Å²) in [6, 6.07) is 13.0. The van der Waals surface area contributed by atoms with Crippen molar-refractivity contribution in [2.24, 2.45) is 0 Å². The summed E-state index contributed by atoms with van der Waals surface area (Å²) in [6.07, 6.45) is 1.05. The van der Waals surface area contributed by atoms with Gasteiger partial charge in [-0.25, -0.2) is 4.39 Å². The van der Waals surface area contributed by atoms with Crippen LogP contribution in [0.2, 0.25) is 0 Å². The quantitative estimate of drug-likeness (QED) is 0.745. The predicted molar refractivity (Wildman–Crippen MR) is 116 cm³/mol. The van der Waals surface area contributed by atoms with Crippen molar-refractivity contribution in [3.8, 4) is 5.75 Å². The molecule has 0 saturated carbocycles. The third-order valence-corrected chi connectivity index (χ3v) is 6.02. The monoisotopic (exact) mass is 442 g/mol. The number of nitrogens with one attached hydrogen (secondary N) is 1. The van der Waals surface area contributed by atoms with Crippen LogP contribution >= 0.6 is 0 Å². The summed E-state index contributed by atoms with van der Waals surface area (Å²) < 4.78 is 29.7. The molecule has 0 aliphatic carbocycles. The molecular formula is C24H27FN2O5. The van der Waals surface area contributed by atoms with Crippen LogP contribution in [0.5, 0.6) is 5.75 Å². The number of ether oxygens (including phenoxy) is 3. The summed E-state index contributed by atoms with van der Waals surface area (Å²) in [7, 11) is 0. The molecule has 2 fully saturated rings. The Labute approximate surface area is 186 Å². The van der Waals surface area contributed by atoms with Gasteiger partial charge in [0.25, 0.3) is 5.91 Å². The van der Waals surface area contributed by atoms with E-state index in [1.807, 2.05) is 0 Å². The number of nitrogens with zero attached hydrogens (tertiary/aromatic N) is 1. The van der Waals surface area contributed by atoms with Crippen molar-refractivity contribution in [2.45, 2.75) is 18.3 Å². The average Bonchev–Trinajstić information content (AvgIpc) is 2.84. The molecule has 0 radical (unpaired) electrons. The van der Waals surface area contributed by atoms with Gasteiger partial charge in [-0.1, -0.05) is 12.1 Å². The summed E-state index contributed by atoms with van der Waals surface area (Å²) >= 11 is 0. The van der Waals surface area contributed by atoms with E-state index in [-0.39, 0.29) is 24.2 Å². The zero-order valence-corrected chi connectivity index (χ0v) is 17.8. The lowest BCUT2D eigenvalue weighted by molar-refractivity contribution is -0.137. The number of amides is 2. The van der Waals surface area contributed by atoms with Crippen molar-refractivity contribution in [1.82, 2.24) is 4.90 Å². The summed E-state index contributed by atoms with van der Waals surface area (Å²) in [4.78, 5) is 27.2. The molecular weight excluding hydrogens is 415 g/mol. The van der Waals surface area contributed by atoms with Gasteiger partial charge in [0, 0.05) is 32.0 Å². The first kappa shape index (κ1) is 22.2. The van der Waals surface area contributed by atoms with E-state index in [2.05, 4.69) is 5.32 Å². The van der Waals surface area contributed by atoms with Gasteiger partial charge in [-0.05, 0) is 54.8 Å². The van der Waals surface area contributed by atoms with Crippen molar-refractivity contribution in [3.05, 3.63) is 59.9 Å². The molecule has 0 aromatic heterocycles. The van der Waals surface area contributed by atoms with E-state index in [1.54, 1.807) is 41.3 Å². The van der Waals surface area contributed by atoms with Crippen LogP contribution < -0.4 is 10.1 Å². The van der Waals surface area contributed by atoms with Gasteiger partial charge < -0.3 is 24.4 Å². The molecule has 170 valence electrons. The minimum Gasteiger partial charge on any atom is -0.484 e. The second-order valence-electron chi connectivity index (χ2n) is 7.96. The Kier molecular flexibility index (Phi) is 7.02. The zero-order valence-electron chi connectivity index (χ0n) is 17.8. The molecule has 2 amide bonds. The Hall–Kier alpha value is -2.97. The normalized spacial score (nSPS) is 18.1. The molecule has 0 atom stereocenters. The van der Waals surface area contributed by atoms with Gasteiger partial charge in [-0.2, -0.15) is 0 Å². The summed E-state index contributed by atoms with van der Waals surface area (Å²) in [6.45, 7) is 3.14. The maximum Gasteiger partial charge on any atom is 0.260 e. The van der Waals surface area contributed by atoms with Gasteiger partial charge in [-0.15, -0.1) is 0 Å². The van der Waals surface area contributed by atoms with E-state index in [0.717, 1.165) is 5.56 Å². The Morgan fingerprint density at radius 1 is 0.938 bits per heavy atom. The lowest BCUT2D eigenvalue weighted by Crippen LogP contribution is -2.44. The molecule has 7 nitrogen and oxygen atoms in total. The number of morpholine rings is 1. The van der Waals surface area contributed by atoms with E-state index in [0.29, 0.717) is 63.8 Å². The first-order valence-corrected chi connectivity index (χ1v) is 10.8. The Morgan fingerprint density at radius 2 is 1.56 bits per heavy atom.